The Morgan fingerprint density at radius 3 is 2.47 bits per heavy atom. The molecule has 7 heteroatoms. The van der Waals surface area contributed by atoms with E-state index in [4.69, 9.17) is 24.7 Å². The molecule has 0 bridgehead atoms. The number of nitrogens with zero attached hydrogens (tertiary/aromatic N) is 1. The second kappa shape index (κ2) is 11.1. The van der Waals surface area contributed by atoms with Crippen LogP contribution >= 0.6 is 0 Å². The molecule has 1 unspecified atom stereocenters. The average molecular weight is 511 g/mol. The van der Waals surface area contributed by atoms with Gasteiger partial charge in [0.25, 0.3) is 0 Å². The normalized spacial score (nSPS) is 14.5. The Labute approximate surface area is 222 Å². The van der Waals surface area contributed by atoms with Crippen LogP contribution in [0.3, 0.4) is 0 Å². The van der Waals surface area contributed by atoms with Crippen LogP contribution in [0.1, 0.15) is 43.4 Å². The minimum atomic E-state index is -0.564. The molecule has 0 fully saturated rings. The Morgan fingerprint density at radius 2 is 1.79 bits per heavy atom. The summed E-state index contributed by atoms with van der Waals surface area (Å²) in [5, 5.41) is 9.82. The van der Waals surface area contributed by atoms with Gasteiger partial charge in [0.05, 0.1) is 5.92 Å². The number of hydrogen-bond donors (Lipinski definition) is 1. The first-order valence-electron chi connectivity index (χ1n) is 12.2. The largest absolute Gasteiger partial charge is 0.490 e. The maximum atomic E-state index is 12.5. The summed E-state index contributed by atoms with van der Waals surface area (Å²) in [7, 11) is 0. The quantitative estimate of drug-likeness (QED) is 0.234. The number of esters is 1. The fourth-order valence-corrected chi connectivity index (χ4v) is 4.14. The number of nitrogens with two attached hydrogens (primary N) is 1. The molecule has 38 heavy (non-hydrogen) atoms. The predicted molar refractivity (Wildman–Crippen MR) is 144 cm³/mol. The lowest BCUT2D eigenvalue weighted by atomic mass is 9.83. The smallest absolute Gasteiger partial charge is 0.349 e. The van der Waals surface area contributed by atoms with E-state index in [1.165, 1.54) is 5.56 Å². The second-order valence-electron chi connectivity index (χ2n) is 9.83. The lowest BCUT2D eigenvalue weighted by molar-refractivity contribution is -0.136. The van der Waals surface area contributed by atoms with Crippen molar-refractivity contribution in [3.63, 3.8) is 0 Å². The number of benzene rings is 3. The monoisotopic (exact) mass is 510 g/mol. The summed E-state index contributed by atoms with van der Waals surface area (Å²) >= 11 is 0. The molecule has 0 saturated heterocycles. The molecule has 194 valence electrons. The topological polar surface area (TPSA) is 104 Å². The third-order valence-electron chi connectivity index (χ3n) is 6.06. The zero-order chi connectivity index (χ0) is 27.3. The Morgan fingerprint density at radius 1 is 1.05 bits per heavy atom. The molecule has 1 aliphatic rings. The van der Waals surface area contributed by atoms with Crippen molar-refractivity contribution in [2.45, 2.75) is 32.1 Å². The van der Waals surface area contributed by atoms with Crippen molar-refractivity contribution in [2.24, 2.45) is 5.73 Å². The molecule has 0 saturated carbocycles. The van der Waals surface area contributed by atoms with Crippen LogP contribution in [0.2, 0.25) is 0 Å². The van der Waals surface area contributed by atoms with E-state index in [1.807, 2.05) is 48.5 Å². The van der Waals surface area contributed by atoms with Crippen LogP contribution in [0, 0.1) is 11.3 Å². The Kier molecular flexibility index (Phi) is 7.73. The minimum Gasteiger partial charge on any atom is -0.490 e. The van der Waals surface area contributed by atoms with E-state index in [2.05, 4.69) is 33.4 Å². The van der Waals surface area contributed by atoms with Crippen molar-refractivity contribution < 1.29 is 23.7 Å². The molecule has 0 radical (unpaired) electrons. The van der Waals surface area contributed by atoms with Crippen LogP contribution < -0.4 is 24.7 Å². The third kappa shape index (κ3) is 5.98. The van der Waals surface area contributed by atoms with E-state index in [0.29, 0.717) is 29.4 Å². The molecule has 0 aliphatic carbocycles. The summed E-state index contributed by atoms with van der Waals surface area (Å²) in [6.45, 7) is 10.2. The summed E-state index contributed by atoms with van der Waals surface area (Å²) in [5.74, 6) is 0.847. The SMILES string of the molecule is C=CCOc1cccc(C2C(C#N)=C(N)Oc3cc(OC(=O)COc4ccc(C(C)(C)C)cc4)ccc32)c1. The van der Waals surface area contributed by atoms with Gasteiger partial charge in [-0.15, -0.1) is 0 Å². The minimum absolute atomic E-state index is 0.00655. The molecule has 3 aromatic rings. The van der Waals surface area contributed by atoms with Gasteiger partial charge in [0.15, 0.2) is 6.61 Å². The Bertz CT molecular complexity index is 1410. The first-order valence-corrected chi connectivity index (χ1v) is 12.2. The molecule has 0 aromatic heterocycles. The average Bonchev–Trinajstić information content (AvgIpc) is 2.89. The summed E-state index contributed by atoms with van der Waals surface area (Å²) in [5.41, 5.74) is 9.12. The molecule has 1 atom stereocenters. The van der Waals surface area contributed by atoms with Crippen molar-refractivity contribution in [3.8, 4) is 29.1 Å². The van der Waals surface area contributed by atoms with E-state index in [0.717, 1.165) is 5.56 Å². The van der Waals surface area contributed by atoms with Gasteiger partial charge in [-0.2, -0.15) is 5.26 Å². The standard InChI is InChI=1S/C31H30N2O5/c1-5-15-35-23-8-6-7-20(16-23)29-25-14-13-24(17-27(25)38-30(33)26(29)18-32)37-28(34)19-36-22-11-9-21(10-12-22)31(2,3)4/h5-14,16-17,29H,1,15,19,33H2,2-4H3. The maximum Gasteiger partial charge on any atom is 0.349 e. The van der Waals surface area contributed by atoms with Crippen molar-refractivity contribution >= 4 is 5.97 Å². The maximum absolute atomic E-state index is 12.5. The Balaban J connectivity index is 1.50. The number of ether oxygens (including phenoxy) is 4. The number of nitriles is 1. The van der Waals surface area contributed by atoms with Crippen LogP contribution in [0.25, 0.3) is 0 Å². The van der Waals surface area contributed by atoms with Gasteiger partial charge in [0, 0.05) is 11.6 Å². The molecule has 2 N–H and O–H groups in total. The summed E-state index contributed by atoms with van der Waals surface area (Å²) in [4.78, 5) is 12.5. The van der Waals surface area contributed by atoms with Gasteiger partial charge in [-0.1, -0.05) is 63.8 Å². The lowest BCUT2D eigenvalue weighted by Gasteiger charge is -2.27. The molecule has 1 heterocycles. The number of carbonyl (C=O) groups is 1. The zero-order valence-corrected chi connectivity index (χ0v) is 21.7. The fraction of sp³-hybridized carbons (Fsp3) is 0.226. The van der Waals surface area contributed by atoms with E-state index in [9.17, 15) is 10.1 Å². The summed E-state index contributed by atoms with van der Waals surface area (Å²) in [6.07, 6.45) is 1.66. The van der Waals surface area contributed by atoms with Crippen LogP contribution in [0.5, 0.6) is 23.0 Å². The predicted octanol–water partition coefficient (Wildman–Crippen LogP) is 5.75. The molecular formula is C31H30N2O5. The van der Waals surface area contributed by atoms with E-state index in [-0.39, 0.29) is 29.2 Å². The van der Waals surface area contributed by atoms with Gasteiger partial charge in [-0.05, 0) is 46.9 Å². The van der Waals surface area contributed by atoms with Crippen molar-refractivity contribution in [1.29, 1.82) is 5.26 Å². The Hall–Kier alpha value is -4.70. The number of carbonyl (C=O) groups excluding carboxylic acids is 1. The highest BCUT2D eigenvalue weighted by Gasteiger charge is 2.31. The van der Waals surface area contributed by atoms with Crippen molar-refractivity contribution in [3.05, 3.63) is 108 Å². The number of fused-ring (bicyclic) bond motifs is 1. The molecule has 1 aliphatic heterocycles. The van der Waals surface area contributed by atoms with Crippen LogP contribution in [-0.4, -0.2) is 19.2 Å². The second-order valence-corrected chi connectivity index (χ2v) is 9.83. The molecule has 3 aromatic carbocycles. The van der Waals surface area contributed by atoms with Crippen molar-refractivity contribution in [2.75, 3.05) is 13.2 Å². The number of rotatable bonds is 8. The fourth-order valence-electron chi connectivity index (χ4n) is 4.14. The molecule has 7 nitrogen and oxygen atoms in total. The summed E-state index contributed by atoms with van der Waals surface area (Å²) < 4.78 is 22.5. The van der Waals surface area contributed by atoms with Crippen LogP contribution in [0.4, 0.5) is 0 Å². The first kappa shape index (κ1) is 26.4. The van der Waals surface area contributed by atoms with Crippen LogP contribution in [0.15, 0.2) is 90.8 Å². The van der Waals surface area contributed by atoms with Gasteiger partial charge in [0.2, 0.25) is 5.88 Å². The van der Waals surface area contributed by atoms with E-state index in [1.54, 1.807) is 24.3 Å². The van der Waals surface area contributed by atoms with E-state index < -0.39 is 11.9 Å². The first-order chi connectivity index (χ1) is 18.2. The summed E-state index contributed by atoms with van der Waals surface area (Å²) in [6, 6.07) is 22.2. The third-order valence-corrected chi connectivity index (χ3v) is 6.06. The molecular weight excluding hydrogens is 480 g/mol. The lowest BCUT2D eigenvalue weighted by Crippen LogP contribution is -2.21. The van der Waals surface area contributed by atoms with Gasteiger partial charge in [0.1, 0.15) is 41.2 Å². The number of hydrogen-bond acceptors (Lipinski definition) is 7. The highest BCUT2D eigenvalue weighted by atomic mass is 16.6. The highest BCUT2D eigenvalue weighted by Crippen LogP contribution is 2.44. The van der Waals surface area contributed by atoms with Gasteiger partial charge in [-0.25, -0.2) is 4.79 Å². The van der Waals surface area contributed by atoms with Crippen LogP contribution in [-0.2, 0) is 10.2 Å². The number of allylic oxidation sites excluding steroid dienone is 1. The van der Waals surface area contributed by atoms with Gasteiger partial charge >= 0.3 is 5.97 Å². The molecule has 4 rings (SSSR count). The molecule has 0 amide bonds. The highest BCUT2D eigenvalue weighted by molar-refractivity contribution is 5.74. The zero-order valence-electron chi connectivity index (χ0n) is 21.7. The van der Waals surface area contributed by atoms with E-state index >= 15 is 0 Å². The van der Waals surface area contributed by atoms with Gasteiger partial charge < -0.3 is 24.7 Å². The van der Waals surface area contributed by atoms with Gasteiger partial charge in [-0.3, -0.25) is 0 Å². The molecule has 0 spiro atoms. The van der Waals surface area contributed by atoms with Crippen molar-refractivity contribution in [1.82, 2.24) is 0 Å².